The number of ether oxygens (including phenoxy) is 3. The van der Waals surface area contributed by atoms with Gasteiger partial charge in [-0.1, -0.05) is 0 Å². The number of hydrogen-bond acceptors (Lipinski definition) is 6. The van der Waals surface area contributed by atoms with Crippen molar-refractivity contribution in [2.45, 2.75) is 45.2 Å². The van der Waals surface area contributed by atoms with Gasteiger partial charge in [0.1, 0.15) is 0 Å². The lowest BCUT2D eigenvalue weighted by molar-refractivity contribution is -0.119. The molecule has 0 radical (unpaired) electrons. The van der Waals surface area contributed by atoms with E-state index in [1.807, 2.05) is 0 Å². The fourth-order valence-electron chi connectivity index (χ4n) is 3.03. The molecule has 2 atom stereocenters. The maximum Gasteiger partial charge on any atom is 0.255 e. The summed E-state index contributed by atoms with van der Waals surface area (Å²) in [6.07, 6.45) is 5.32. The molecule has 0 bridgehead atoms. The Bertz CT molecular complexity index is 598. The molecule has 1 aromatic rings. The molecule has 1 aliphatic rings. The first-order valence-electron chi connectivity index (χ1n) is 8.45. The monoisotopic (exact) mass is 349 g/mol. The minimum absolute atomic E-state index is 0.247. The normalized spacial score (nSPS) is 20.6. The summed E-state index contributed by atoms with van der Waals surface area (Å²) < 4.78 is 16.1. The van der Waals surface area contributed by atoms with Crippen LogP contribution in [0.5, 0.6) is 17.2 Å². The van der Waals surface area contributed by atoms with E-state index in [-0.39, 0.29) is 6.61 Å². The zero-order chi connectivity index (χ0) is 18.4. The topological polar surface area (TPSA) is 86.4 Å². The molecule has 7 heteroatoms. The van der Waals surface area contributed by atoms with Crippen LogP contribution in [0.3, 0.4) is 0 Å². The van der Waals surface area contributed by atoms with Gasteiger partial charge in [-0.2, -0.15) is 5.10 Å². The van der Waals surface area contributed by atoms with Gasteiger partial charge in [0.25, 0.3) is 5.91 Å². The number of rotatable bonds is 7. The first-order chi connectivity index (χ1) is 12.0. The Morgan fingerprint density at radius 1 is 1.24 bits per heavy atom. The first kappa shape index (κ1) is 18.9. The molecule has 1 fully saturated rings. The van der Waals surface area contributed by atoms with Gasteiger partial charge in [-0.05, 0) is 45.2 Å². The summed E-state index contributed by atoms with van der Waals surface area (Å²) in [4.78, 5) is 11.0. The van der Waals surface area contributed by atoms with Crippen LogP contribution in [0.25, 0.3) is 0 Å². The molecule has 0 aromatic heterocycles. The van der Waals surface area contributed by atoms with Crippen molar-refractivity contribution in [2.24, 2.45) is 10.8 Å². The summed E-state index contributed by atoms with van der Waals surface area (Å²) in [7, 11) is 3.06. The molecule has 0 saturated carbocycles. The van der Waals surface area contributed by atoms with E-state index in [1.54, 1.807) is 18.3 Å². The van der Waals surface area contributed by atoms with Crippen LogP contribution in [-0.2, 0) is 4.79 Å². The molecule has 1 aliphatic heterocycles. The lowest BCUT2D eigenvalue weighted by Crippen LogP contribution is -2.39. The second-order valence-electron chi connectivity index (χ2n) is 6.26. The number of amides is 1. The molecule has 2 rings (SSSR count). The Morgan fingerprint density at radius 3 is 2.28 bits per heavy atom. The zero-order valence-corrected chi connectivity index (χ0v) is 15.3. The summed E-state index contributed by atoms with van der Waals surface area (Å²) in [5, 5.41) is 6.79. The highest BCUT2D eigenvalue weighted by Crippen LogP contribution is 2.38. The van der Waals surface area contributed by atoms with Gasteiger partial charge in [-0.15, -0.1) is 0 Å². The van der Waals surface area contributed by atoms with E-state index in [0.717, 1.165) is 18.4 Å². The van der Waals surface area contributed by atoms with Crippen LogP contribution in [0.2, 0.25) is 0 Å². The standard InChI is InChI=1S/C18H27N3O4/c1-12-6-5-7-13(2)21(12)20-10-14-8-15(23-3)18(16(9-14)24-4)25-11-17(19)22/h8-10,12-13H,5-7,11H2,1-4H3,(H2,19,22)/b20-10-/t12-,13-/m1/s1. The first-order valence-corrected chi connectivity index (χ1v) is 8.45. The van der Waals surface area contributed by atoms with E-state index in [1.165, 1.54) is 20.6 Å². The van der Waals surface area contributed by atoms with Crippen LogP contribution in [0.15, 0.2) is 17.2 Å². The number of nitrogens with two attached hydrogens (primary N) is 1. The Labute approximate surface area is 148 Å². The maximum atomic E-state index is 11.0. The van der Waals surface area contributed by atoms with Gasteiger partial charge in [0.15, 0.2) is 18.1 Å². The van der Waals surface area contributed by atoms with E-state index in [2.05, 4.69) is 24.0 Å². The third kappa shape index (κ3) is 4.78. The molecule has 1 heterocycles. The number of methoxy groups -OCH3 is 2. The van der Waals surface area contributed by atoms with Gasteiger partial charge in [-0.25, -0.2) is 0 Å². The molecule has 0 unspecified atom stereocenters. The molecule has 25 heavy (non-hydrogen) atoms. The lowest BCUT2D eigenvalue weighted by atomic mass is 10.00. The number of carbonyl (C=O) groups is 1. The van der Waals surface area contributed by atoms with Crippen molar-refractivity contribution in [1.29, 1.82) is 0 Å². The minimum atomic E-state index is -0.567. The Balaban J connectivity index is 2.26. The average molecular weight is 349 g/mol. The van der Waals surface area contributed by atoms with Gasteiger partial charge < -0.3 is 19.9 Å². The van der Waals surface area contributed by atoms with Crippen LogP contribution < -0.4 is 19.9 Å². The Kier molecular flexibility index (Phi) is 6.50. The van der Waals surface area contributed by atoms with Gasteiger partial charge in [0.2, 0.25) is 5.75 Å². The predicted octanol–water partition coefficient (Wildman–Crippen LogP) is 2.16. The summed E-state index contributed by atoms with van der Waals surface area (Å²) >= 11 is 0. The summed E-state index contributed by atoms with van der Waals surface area (Å²) in [5.74, 6) is 0.701. The summed E-state index contributed by atoms with van der Waals surface area (Å²) in [6, 6.07) is 4.42. The molecular weight excluding hydrogens is 322 g/mol. The SMILES string of the molecule is COc1cc(/C=N\N2[C@H](C)CCC[C@H]2C)cc(OC)c1OCC(N)=O. The number of piperidine rings is 1. The van der Waals surface area contributed by atoms with Crippen LogP contribution in [-0.4, -0.2) is 50.0 Å². The second-order valence-corrected chi connectivity index (χ2v) is 6.26. The molecule has 138 valence electrons. The summed E-state index contributed by atoms with van der Waals surface area (Å²) in [5.41, 5.74) is 5.96. The third-order valence-corrected chi connectivity index (χ3v) is 4.33. The Morgan fingerprint density at radius 2 is 1.80 bits per heavy atom. The van der Waals surface area contributed by atoms with Crippen molar-refractivity contribution in [3.8, 4) is 17.2 Å². The molecule has 2 N–H and O–H groups in total. The van der Waals surface area contributed by atoms with Crippen LogP contribution >= 0.6 is 0 Å². The fraction of sp³-hybridized carbons (Fsp3) is 0.556. The van der Waals surface area contributed by atoms with Crippen molar-refractivity contribution >= 4 is 12.1 Å². The van der Waals surface area contributed by atoms with E-state index in [0.29, 0.717) is 29.3 Å². The highest BCUT2D eigenvalue weighted by Gasteiger charge is 2.23. The van der Waals surface area contributed by atoms with E-state index in [4.69, 9.17) is 19.9 Å². The third-order valence-electron chi connectivity index (χ3n) is 4.33. The fourth-order valence-corrected chi connectivity index (χ4v) is 3.03. The van der Waals surface area contributed by atoms with Gasteiger partial charge in [0, 0.05) is 17.6 Å². The highest BCUT2D eigenvalue weighted by molar-refractivity contribution is 5.82. The molecule has 1 amide bonds. The molecule has 1 saturated heterocycles. The maximum absolute atomic E-state index is 11.0. The van der Waals surface area contributed by atoms with Crippen molar-refractivity contribution in [1.82, 2.24) is 5.01 Å². The number of nitrogens with zero attached hydrogens (tertiary/aromatic N) is 2. The highest BCUT2D eigenvalue weighted by atomic mass is 16.5. The van der Waals surface area contributed by atoms with E-state index < -0.39 is 5.91 Å². The molecular formula is C18H27N3O4. The van der Waals surface area contributed by atoms with Gasteiger partial charge in [0.05, 0.1) is 20.4 Å². The zero-order valence-electron chi connectivity index (χ0n) is 15.3. The van der Waals surface area contributed by atoms with E-state index in [9.17, 15) is 4.79 Å². The number of carbonyl (C=O) groups excluding carboxylic acids is 1. The lowest BCUT2D eigenvalue weighted by Gasteiger charge is -2.36. The number of hydrogen-bond donors (Lipinski definition) is 1. The van der Waals surface area contributed by atoms with Crippen molar-refractivity contribution in [3.05, 3.63) is 17.7 Å². The minimum Gasteiger partial charge on any atom is -0.493 e. The summed E-state index contributed by atoms with van der Waals surface area (Å²) in [6.45, 7) is 4.13. The smallest absolute Gasteiger partial charge is 0.255 e. The largest absolute Gasteiger partial charge is 0.493 e. The Hall–Kier alpha value is -2.44. The molecule has 0 aliphatic carbocycles. The quantitative estimate of drug-likeness (QED) is 0.762. The van der Waals surface area contributed by atoms with Crippen LogP contribution in [0.1, 0.15) is 38.7 Å². The molecule has 0 spiro atoms. The molecule has 7 nitrogen and oxygen atoms in total. The predicted molar refractivity (Wildman–Crippen MR) is 96.4 cm³/mol. The number of primary amides is 1. The van der Waals surface area contributed by atoms with Crippen LogP contribution in [0, 0.1) is 0 Å². The number of benzene rings is 1. The van der Waals surface area contributed by atoms with Crippen molar-refractivity contribution in [2.75, 3.05) is 20.8 Å². The molecule has 1 aromatic carbocycles. The van der Waals surface area contributed by atoms with Crippen molar-refractivity contribution < 1.29 is 19.0 Å². The van der Waals surface area contributed by atoms with Crippen molar-refractivity contribution in [3.63, 3.8) is 0 Å². The van der Waals surface area contributed by atoms with E-state index >= 15 is 0 Å². The second kappa shape index (κ2) is 8.60. The van der Waals surface area contributed by atoms with Gasteiger partial charge >= 0.3 is 0 Å². The average Bonchev–Trinajstić information content (AvgIpc) is 2.59. The van der Waals surface area contributed by atoms with Gasteiger partial charge in [-0.3, -0.25) is 9.80 Å². The number of hydrazone groups is 1. The van der Waals surface area contributed by atoms with Crippen LogP contribution in [0.4, 0.5) is 0 Å².